The molecular formula is C13H9F3N4. The van der Waals surface area contributed by atoms with Crippen molar-refractivity contribution in [2.45, 2.75) is 13.3 Å². The van der Waals surface area contributed by atoms with Gasteiger partial charge in [0.05, 0.1) is 12.4 Å². The van der Waals surface area contributed by atoms with Gasteiger partial charge in [-0.3, -0.25) is 4.98 Å². The largest absolute Gasteiger partial charge is 0.261 e. The van der Waals surface area contributed by atoms with E-state index in [1.807, 2.05) is 0 Å². The van der Waals surface area contributed by atoms with E-state index in [4.69, 9.17) is 0 Å². The first-order valence-corrected chi connectivity index (χ1v) is 5.94. The fourth-order valence-electron chi connectivity index (χ4n) is 2.01. The number of nitrogens with zero attached hydrogens (tertiary/aromatic N) is 4. The molecule has 7 heteroatoms. The lowest BCUT2D eigenvalue weighted by molar-refractivity contribution is 0.501. The Bertz CT molecular complexity index is 759. The SMILES string of the molecule is CCc1c(F)cncc1-c1nc2cc(F)c(F)cn2n1. The van der Waals surface area contributed by atoms with E-state index >= 15 is 0 Å². The van der Waals surface area contributed by atoms with E-state index in [1.54, 1.807) is 6.92 Å². The molecule has 0 aliphatic carbocycles. The van der Waals surface area contributed by atoms with Crippen molar-refractivity contribution in [1.29, 1.82) is 0 Å². The van der Waals surface area contributed by atoms with E-state index in [2.05, 4.69) is 15.1 Å². The molecule has 0 aliphatic heterocycles. The normalized spacial score (nSPS) is 11.2. The van der Waals surface area contributed by atoms with Gasteiger partial charge in [-0.05, 0) is 6.42 Å². The van der Waals surface area contributed by atoms with Gasteiger partial charge in [-0.1, -0.05) is 6.92 Å². The van der Waals surface area contributed by atoms with E-state index < -0.39 is 17.5 Å². The number of hydrogen-bond acceptors (Lipinski definition) is 3. The van der Waals surface area contributed by atoms with E-state index in [9.17, 15) is 13.2 Å². The van der Waals surface area contributed by atoms with Gasteiger partial charge in [0, 0.05) is 23.4 Å². The lowest BCUT2D eigenvalue weighted by atomic mass is 10.1. The summed E-state index contributed by atoms with van der Waals surface area (Å²) >= 11 is 0. The number of aromatic nitrogens is 4. The lowest BCUT2D eigenvalue weighted by Gasteiger charge is -2.03. The van der Waals surface area contributed by atoms with Crippen molar-refractivity contribution in [3.63, 3.8) is 0 Å². The molecule has 0 aliphatic rings. The van der Waals surface area contributed by atoms with Gasteiger partial charge in [-0.15, -0.1) is 5.10 Å². The quantitative estimate of drug-likeness (QED) is 0.724. The van der Waals surface area contributed by atoms with Crippen LogP contribution in [0.15, 0.2) is 24.7 Å². The number of halogens is 3. The molecule has 0 N–H and O–H groups in total. The lowest BCUT2D eigenvalue weighted by Crippen LogP contribution is -1.96. The predicted octanol–water partition coefficient (Wildman–Crippen LogP) is 2.77. The molecule has 0 amide bonds. The average Bonchev–Trinajstić information content (AvgIpc) is 2.81. The maximum Gasteiger partial charge on any atom is 0.184 e. The third kappa shape index (κ3) is 1.91. The monoisotopic (exact) mass is 278 g/mol. The van der Waals surface area contributed by atoms with Crippen molar-refractivity contribution >= 4 is 5.65 Å². The Morgan fingerprint density at radius 2 is 1.90 bits per heavy atom. The van der Waals surface area contributed by atoms with Crippen LogP contribution in [0.25, 0.3) is 17.0 Å². The van der Waals surface area contributed by atoms with E-state index in [1.165, 1.54) is 6.20 Å². The van der Waals surface area contributed by atoms with Crippen LogP contribution in [-0.4, -0.2) is 19.6 Å². The minimum Gasteiger partial charge on any atom is -0.261 e. The van der Waals surface area contributed by atoms with Crippen LogP contribution in [0.3, 0.4) is 0 Å². The van der Waals surface area contributed by atoms with Gasteiger partial charge in [-0.2, -0.15) is 0 Å². The zero-order valence-electron chi connectivity index (χ0n) is 10.4. The standard InChI is InChI=1S/C13H9F3N4/c1-2-7-8(4-17-5-10(7)15)13-18-12-3-9(14)11(16)6-20(12)19-13/h3-6H,2H2,1H3. The van der Waals surface area contributed by atoms with Gasteiger partial charge in [-0.25, -0.2) is 22.7 Å². The molecule has 102 valence electrons. The summed E-state index contributed by atoms with van der Waals surface area (Å²) < 4.78 is 41.1. The minimum absolute atomic E-state index is 0.144. The summed E-state index contributed by atoms with van der Waals surface area (Å²) in [5.41, 5.74) is 0.971. The molecule has 0 aromatic carbocycles. The summed E-state index contributed by atoms with van der Waals surface area (Å²) in [6.45, 7) is 1.79. The van der Waals surface area contributed by atoms with Crippen LogP contribution in [0.1, 0.15) is 12.5 Å². The van der Waals surface area contributed by atoms with E-state index in [0.29, 0.717) is 17.5 Å². The zero-order valence-corrected chi connectivity index (χ0v) is 10.4. The molecule has 0 saturated heterocycles. The summed E-state index contributed by atoms with van der Waals surface area (Å²) in [5, 5.41) is 4.03. The number of rotatable bonds is 2. The molecule has 3 heterocycles. The zero-order chi connectivity index (χ0) is 14.3. The van der Waals surface area contributed by atoms with Crippen molar-refractivity contribution in [2.75, 3.05) is 0 Å². The third-order valence-electron chi connectivity index (χ3n) is 2.98. The molecule has 0 spiro atoms. The molecule has 3 rings (SSSR count). The molecular weight excluding hydrogens is 269 g/mol. The summed E-state index contributed by atoms with van der Waals surface area (Å²) in [6, 6.07) is 0.935. The average molecular weight is 278 g/mol. The molecule has 0 atom stereocenters. The summed E-state index contributed by atoms with van der Waals surface area (Å²) in [7, 11) is 0. The molecule has 20 heavy (non-hydrogen) atoms. The maximum absolute atomic E-state index is 13.7. The van der Waals surface area contributed by atoms with Crippen LogP contribution < -0.4 is 0 Å². The Kier molecular flexibility index (Phi) is 2.89. The predicted molar refractivity (Wildman–Crippen MR) is 65.5 cm³/mol. The van der Waals surface area contributed by atoms with Crippen LogP contribution in [0.5, 0.6) is 0 Å². The van der Waals surface area contributed by atoms with Crippen LogP contribution in [0, 0.1) is 17.5 Å². The first-order chi connectivity index (χ1) is 9.60. The van der Waals surface area contributed by atoms with Crippen LogP contribution in [-0.2, 0) is 6.42 Å². The van der Waals surface area contributed by atoms with E-state index in [0.717, 1.165) is 23.0 Å². The second-order valence-corrected chi connectivity index (χ2v) is 4.21. The highest BCUT2D eigenvalue weighted by Gasteiger charge is 2.15. The van der Waals surface area contributed by atoms with E-state index in [-0.39, 0.29) is 11.5 Å². The van der Waals surface area contributed by atoms with Crippen LogP contribution >= 0.6 is 0 Å². The minimum atomic E-state index is -1.03. The van der Waals surface area contributed by atoms with Crippen LogP contribution in [0.2, 0.25) is 0 Å². The highest BCUT2D eigenvalue weighted by molar-refractivity contribution is 5.61. The van der Waals surface area contributed by atoms with Gasteiger partial charge >= 0.3 is 0 Å². The third-order valence-corrected chi connectivity index (χ3v) is 2.98. The van der Waals surface area contributed by atoms with Gasteiger partial charge in [0.2, 0.25) is 0 Å². The number of fused-ring (bicyclic) bond motifs is 1. The van der Waals surface area contributed by atoms with Crippen molar-refractivity contribution in [2.24, 2.45) is 0 Å². The highest BCUT2D eigenvalue weighted by Crippen LogP contribution is 2.23. The summed E-state index contributed by atoms with van der Waals surface area (Å²) in [4.78, 5) is 7.84. The Balaban J connectivity index is 2.23. The number of pyridine rings is 2. The van der Waals surface area contributed by atoms with Gasteiger partial charge in [0.25, 0.3) is 0 Å². The first kappa shape index (κ1) is 12.6. The fourth-order valence-corrected chi connectivity index (χ4v) is 2.01. The van der Waals surface area contributed by atoms with Crippen molar-refractivity contribution in [3.8, 4) is 11.4 Å². The second-order valence-electron chi connectivity index (χ2n) is 4.21. The van der Waals surface area contributed by atoms with Crippen molar-refractivity contribution in [3.05, 3.63) is 47.7 Å². The topological polar surface area (TPSA) is 43.1 Å². The van der Waals surface area contributed by atoms with Gasteiger partial charge < -0.3 is 0 Å². The Morgan fingerprint density at radius 3 is 2.65 bits per heavy atom. The first-order valence-electron chi connectivity index (χ1n) is 5.94. The Labute approximate surface area is 111 Å². The molecule has 0 fully saturated rings. The van der Waals surface area contributed by atoms with Crippen LogP contribution in [0.4, 0.5) is 13.2 Å². The van der Waals surface area contributed by atoms with Gasteiger partial charge in [0.15, 0.2) is 23.1 Å². The molecule has 3 aromatic rings. The maximum atomic E-state index is 13.7. The Hall–Kier alpha value is -2.44. The number of hydrogen-bond donors (Lipinski definition) is 0. The molecule has 4 nitrogen and oxygen atoms in total. The fraction of sp³-hybridized carbons (Fsp3) is 0.154. The van der Waals surface area contributed by atoms with Crippen molar-refractivity contribution in [1.82, 2.24) is 19.6 Å². The molecule has 0 bridgehead atoms. The summed E-state index contributed by atoms with van der Waals surface area (Å²) in [6.07, 6.45) is 3.86. The highest BCUT2D eigenvalue weighted by atomic mass is 19.2. The molecule has 0 radical (unpaired) electrons. The molecule has 0 saturated carbocycles. The van der Waals surface area contributed by atoms with Crippen molar-refractivity contribution < 1.29 is 13.2 Å². The molecule has 0 unspecified atom stereocenters. The smallest absolute Gasteiger partial charge is 0.184 e. The molecule has 3 aromatic heterocycles. The Morgan fingerprint density at radius 1 is 1.10 bits per heavy atom. The summed E-state index contributed by atoms with van der Waals surface area (Å²) in [5.74, 6) is -2.31. The second kappa shape index (κ2) is 4.59. The van der Waals surface area contributed by atoms with Gasteiger partial charge in [0.1, 0.15) is 5.82 Å².